The minimum absolute atomic E-state index is 0.826. The Morgan fingerprint density at radius 1 is 0.941 bits per heavy atom. The lowest BCUT2D eigenvalue weighted by atomic mass is 10.2. The molecule has 0 atom stereocenters. The molecular formula is C12H15N5. The lowest BCUT2D eigenvalue weighted by Crippen LogP contribution is -2.40. The summed E-state index contributed by atoms with van der Waals surface area (Å²) in [5.41, 5.74) is 1.06. The van der Waals surface area contributed by atoms with Gasteiger partial charge < -0.3 is 0 Å². The minimum Gasteiger partial charge on any atom is -0.293 e. The zero-order valence-corrected chi connectivity index (χ0v) is 9.66. The second kappa shape index (κ2) is 4.53. The first-order valence-corrected chi connectivity index (χ1v) is 6.04. The predicted molar refractivity (Wildman–Crippen MR) is 65.1 cm³/mol. The third-order valence-electron chi connectivity index (χ3n) is 3.09. The maximum Gasteiger partial charge on any atom is 0.204 e. The molecule has 0 aliphatic carbocycles. The van der Waals surface area contributed by atoms with E-state index in [1.165, 1.54) is 19.3 Å². The van der Waals surface area contributed by atoms with Gasteiger partial charge in [-0.1, -0.05) is 30.3 Å². The van der Waals surface area contributed by atoms with E-state index in [-0.39, 0.29) is 0 Å². The zero-order valence-electron chi connectivity index (χ0n) is 9.66. The van der Waals surface area contributed by atoms with Gasteiger partial charge in [-0.15, -0.1) is 9.89 Å². The molecule has 0 bridgehead atoms. The highest BCUT2D eigenvalue weighted by atomic mass is 15.7. The fourth-order valence-electron chi connectivity index (χ4n) is 2.20. The van der Waals surface area contributed by atoms with E-state index in [9.17, 15) is 0 Å². The summed E-state index contributed by atoms with van der Waals surface area (Å²) in [6.45, 7) is 2.07. The fraction of sp³-hybridized carbons (Fsp3) is 0.417. The molecule has 1 aromatic heterocycles. The standard InChI is InChI=1S/C12H15N5/c1-3-7-11(8-4-1)12-13-14-15-17(12)16-9-5-2-6-10-16/h1,3-4,7-8H,2,5-6,9-10H2. The molecule has 0 amide bonds. The molecule has 5 heteroatoms. The summed E-state index contributed by atoms with van der Waals surface area (Å²) in [5.74, 6) is 0.826. The molecule has 1 fully saturated rings. The van der Waals surface area contributed by atoms with Gasteiger partial charge in [0.1, 0.15) is 0 Å². The minimum atomic E-state index is 0.826. The number of hydrogen-bond acceptors (Lipinski definition) is 4. The van der Waals surface area contributed by atoms with Crippen LogP contribution in [-0.2, 0) is 0 Å². The van der Waals surface area contributed by atoms with Crippen molar-refractivity contribution in [2.24, 2.45) is 0 Å². The molecule has 1 aliphatic heterocycles. The molecule has 1 aliphatic rings. The van der Waals surface area contributed by atoms with Crippen LogP contribution in [0.25, 0.3) is 11.4 Å². The quantitative estimate of drug-likeness (QED) is 0.782. The molecule has 0 spiro atoms. The van der Waals surface area contributed by atoms with E-state index in [0.29, 0.717) is 0 Å². The Hall–Kier alpha value is -1.91. The van der Waals surface area contributed by atoms with Gasteiger partial charge in [0.2, 0.25) is 5.82 Å². The van der Waals surface area contributed by atoms with Crippen LogP contribution in [0.5, 0.6) is 0 Å². The Morgan fingerprint density at radius 3 is 2.47 bits per heavy atom. The van der Waals surface area contributed by atoms with Crippen LogP contribution in [-0.4, -0.2) is 33.4 Å². The number of nitrogens with zero attached hydrogens (tertiary/aromatic N) is 5. The number of tetrazole rings is 1. The van der Waals surface area contributed by atoms with E-state index in [0.717, 1.165) is 24.5 Å². The van der Waals surface area contributed by atoms with Gasteiger partial charge in [0, 0.05) is 18.7 Å². The zero-order chi connectivity index (χ0) is 11.5. The maximum atomic E-state index is 4.12. The van der Waals surface area contributed by atoms with Gasteiger partial charge in [-0.3, -0.25) is 5.01 Å². The third-order valence-corrected chi connectivity index (χ3v) is 3.09. The molecule has 2 aromatic rings. The van der Waals surface area contributed by atoms with Crippen LogP contribution in [0.2, 0.25) is 0 Å². The summed E-state index contributed by atoms with van der Waals surface area (Å²) >= 11 is 0. The van der Waals surface area contributed by atoms with Crippen LogP contribution in [0.4, 0.5) is 0 Å². The van der Waals surface area contributed by atoms with Crippen molar-refractivity contribution in [2.45, 2.75) is 19.3 Å². The summed E-state index contributed by atoms with van der Waals surface area (Å²) < 4.78 is 0. The first-order valence-electron chi connectivity index (χ1n) is 6.04. The molecule has 1 aromatic carbocycles. The van der Waals surface area contributed by atoms with E-state index >= 15 is 0 Å². The Morgan fingerprint density at radius 2 is 1.71 bits per heavy atom. The van der Waals surface area contributed by atoms with Crippen molar-refractivity contribution in [1.29, 1.82) is 0 Å². The highest BCUT2D eigenvalue weighted by molar-refractivity contribution is 5.54. The number of hydrogen-bond donors (Lipinski definition) is 0. The second-order valence-corrected chi connectivity index (χ2v) is 4.27. The van der Waals surface area contributed by atoms with Crippen molar-refractivity contribution in [2.75, 3.05) is 18.1 Å². The molecule has 0 radical (unpaired) electrons. The van der Waals surface area contributed by atoms with Crippen molar-refractivity contribution in [3.8, 4) is 11.4 Å². The smallest absolute Gasteiger partial charge is 0.204 e. The van der Waals surface area contributed by atoms with E-state index in [4.69, 9.17) is 0 Å². The molecule has 3 rings (SSSR count). The van der Waals surface area contributed by atoms with Gasteiger partial charge in [-0.05, 0) is 29.7 Å². The van der Waals surface area contributed by atoms with Gasteiger partial charge in [0.15, 0.2) is 0 Å². The topological polar surface area (TPSA) is 46.8 Å². The summed E-state index contributed by atoms with van der Waals surface area (Å²) in [5, 5.41) is 14.2. The predicted octanol–water partition coefficient (Wildman–Crippen LogP) is 1.46. The summed E-state index contributed by atoms with van der Waals surface area (Å²) in [6.07, 6.45) is 3.74. The van der Waals surface area contributed by atoms with Gasteiger partial charge in [-0.25, -0.2) is 0 Å². The largest absolute Gasteiger partial charge is 0.293 e. The Bertz CT molecular complexity index is 473. The SMILES string of the molecule is c1ccc(-c2nnnn2N2CCCCC2)cc1. The van der Waals surface area contributed by atoms with Crippen molar-refractivity contribution < 1.29 is 0 Å². The van der Waals surface area contributed by atoms with Crippen molar-refractivity contribution in [3.05, 3.63) is 30.3 Å². The van der Waals surface area contributed by atoms with Crippen molar-refractivity contribution >= 4 is 0 Å². The monoisotopic (exact) mass is 229 g/mol. The van der Waals surface area contributed by atoms with E-state index in [1.54, 1.807) is 0 Å². The maximum absolute atomic E-state index is 4.12. The molecule has 0 N–H and O–H groups in total. The molecule has 0 unspecified atom stereocenters. The second-order valence-electron chi connectivity index (χ2n) is 4.27. The van der Waals surface area contributed by atoms with E-state index in [2.05, 4.69) is 20.5 Å². The van der Waals surface area contributed by atoms with Gasteiger partial charge in [-0.2, -0.15) is 0 Å². The first kappa shape index (κ1) is 10.3. The lowest BCUT2D eigenvalue weighted by Gasteiger charge is -2.28. The number of rotatable bonds is 2. The van der Waals surface area contributed by atoms with E-state index < -0.39 is 0 Å². The summed E-state index contributed by atoms with van der Waals surface area (Å²) in [7, 11) is 0. The van der Waals surface area contributed by atoms with Gasteiger partial charge >= 0.3 is 0 Å². The van der Waals surface area contributed by atoms with Gasteiger partial charge in [0.05, 0.1) is 0 Å². The molecule has 1 saturated heterocycles. The van der Waals surface area contributed by atoms with Crippen LogP contribution in [0, 0.1) is 0 Å². The number of benzene rings is 1. The van der Waals surface area contributed by atoms with E-state index in [1.807, 2.05) is 35.1 Å². The number of aromatic nitrogens is 4. The van der Waals surface area contributed by atoms with Crippen LogP contribution >= 0.6 is 0 Å². The molecule has 88 valence electrons. The van der Waals surface area contributed by atoms with Crippen molar-refractivity contribution in [3.63, 3.8) is 0 Å². The highest BCUT2D eigenvalue weighted by Crippen LogP contribution is 2.16. The van der Waals surface area contributed by atoms with Crippen LogP contribution in [0.15, 0.2) is 30.3 Å². The summed E-state index contributed by atoms with van der Waals surface area (Å²) in [4.78, 5) is 1.84. The molecule has 17 heavy (non-hydrogen) atoms. The Kier molecular flexibility index (Phi) is 2.73. The molecule has 0 saturated carbocycles. The summed E-state index contributed by atoms with van der Waals surface area (Å²) in [6, 6.07) is 10.1. The number of piperidine rings is 1. The van der Waals surface area contributed by atoms with Crippen LogP contribution < -0.4 is 5.01 Å². The van der Waals surface area contributed by atoms with Crippen LogP contribution in [0.3, 0.4) is 0 Å². The lowest BCUT2D eigenvalue weighted by molar-refractivity contribution is 0.444. The normalized spacial score (nSPS) is 16.1. The highest BCUT2D eigenvalue weighted by Gasteiger charge is 2.16. The average Bonchev–Trinajstić information content (AvgIpc) is 2.90. The fourth-order valence-corrected chi connectivity index (χ4v) is 2.20. The molecule has 5 nitrogen and oxygen atoms in total. The third kappa shape index (κ3) is 2.00. The van der Waals surface area contributed by atoms with Crippen LogP contribution in [0.1, 0.15) is 19.3 Å². The Balaban J connectivity index is 1.93. The van der Waals surface area contributed by atoms with Gasteiger partial charge in [0.25, 0.3) is 0 Å². The average molecular weight is 229 g/mol. The Labute approximate surface area is 100 Å². The van der Waals surface area contributed by atoms with Crippen molar-refractivity contribution in [1.82, 2.24) is 20.3 Å². The molecule has 2 heterocycles. The first-order chi connectivity index (χ1) is 8.45. The molecular weight excluding hydrogens is 214 g/mol.